The molecule has 0 bridgehead atoms. The molecule has 7 nitrogen and oxygen atoms in total. The van der Waals surface area contributed by atoms with E-state index < -0.39 is 0 Å². The number of nitrogens with zero attached hydrogens (tertiary/aromatic N) is 5. The molecule has 0 aliphatic carbocycles. The monoisotopic (exact) mass is 347 g/mol. The maximum absolute atomic E-state index is 4.61. The number of aromatic nitrogens is 4. The summed E-state index contributed by atoms with van der Waals surface area (Å²) in [7, 11) is 1.96. The highest BCUT2D eigenvalue weighted by Crippen LogP contribution is 1.99. The van der Waals surface area contributed by atoms with Crippen LogP contribution in [0, 0.1) is 6.92 Å². The number of guanidine groups is 1. The molecular weight excluding hydrogens is 322 g/mol. The van der Waals surface area contributed by atoms with Crippen LogP contribution in [0.5, 0.6) is 0 Å². The Labute approximate surface area is 147 Å². The third-order valence-corrected chi connectivity index (χ3v) is 4.24. The first kappa shape index (κ1) is 18.3. The quantitative estimate of drug-likeness (QED) is 0.428. The van der Waals surface area contributed by atoms with E-state index in [1.54, 1.807) is 6.20 Å². The van der Waals surface area contributed by atoms with Crippen LogP contribution >= 0.6 is 11.8 Å². The van der Waals surface area contributed by atoms with Crippen LogP contribution in [0.2, 0.25) is 0 Å². The molecular formula is C16H25N7S. The first-order valence-electron chi connectivity index (χ1n) is 7.96. The average Bonchev–Trinajstić information content (AvgIpc) is 2.93. The van der Waals surface area contributed by atoms with Gasteiger partial charge in [0, 0.05) is 19.8 Å². The topological polar surface area (TPSA) is 80.0 Å². The van der Waals surface area contributed by atoms with Crippen molar-refractivity contribution >= 4 is 17.7 Å². The van der Waals surface area contributed by atoms with Gasteiger partial charge >= 0.3 is 0 Å². The molecule has 0 saturated heterocycles. The van der Waals surface area contributed by atoms with Gasteiger partial charge in [0.25, 0.3) is 0 Å². The molecule has 0 aromatic carbocycles. The summed E-state index contributed by atoms with van der Waals surface area (Å²) < 4.78 is 1.97. The molecule has 2 heterocycles. The standard InChI is InChI=1S/C16H25N7S/c1-13-21-22-15(23(13)2)12-20-16(18-9-6-10-24-3)19-11-14-7-4-5-8-17-14/h4-5,7-8H,6,9-12H2,1-3H3,(H2,18,19,20). The van der Waals surface area contributed by atoms with E-state index in [0.29, 0.717) is 13.1 Å². The molecule has 0 aliphatic heterocycles. The SMILES string of the molecule is CSCCCNC(=NCc1ccccn1)NCc1nnc(C)n1C. The normalized spacial score (nSPS) is 11.5. The molecule has 2 rings (SSSR count). The summed E-state index contributed by atoms with van der Waals surface area (Å²) in [5.41, 5.74) is 0.942. The van der Waals surface area contributed by atoms with Crippen molar-refractivity contribution < 1.29 is 0 Å². The van der Waals surface area contributed by atoms with Gasteiger partial charge in [0.15, 0.2) is 11.8 Å². The number of thioether (sulfide) groups is 1. The smallest absolute Gasteiger partial charge is 0.192 e. The van der Waals surface area contributed by atoms with Gasteiger partial charge in [0.1, 0.15) is 5.82 Å². The van der Waals surface area contributed by atoms with E-state index in [-0.39, 0.29) is 0 Å². The van der Waals surface area contributed by atoms with E-state index in [4.69, 9.17) is 0 Å². The Hall–Kier alpha value is -2.09. The molecule has 0 radical (unpaired) electrons. The molecule has 24 heavy (non-hydrogen) atoms. The minimum atomic E-state index is 0.538. The van der Waals surface area contributed by atoms with Gasteiger partial charge in [-0.25, -0.2) is 4.99 Å². The lowest BCUT2D eigenvalue weighted by atomic mass is 10.3. The minimum Gasteiger partial charge on any atom is -0.356 e. The van der Waals surface area contributed by atoms with Crippen molar-refractivity contribution in [3.05, 3.63) is 41.7 Å². The molecule has 0 unspecified atom stereocenters. The first-order chi connectivity index (χ1) is 11.7. The van der Waals surface area contributed by atoms with Crippen LogP contribution < -0.4 is 10.6 Å². The maximum Gasteiger partial charge on any atom is 0.192 e. The van der Waals surface area contributed by atoms with Crippen LogP contribution in [0.3, 0.4) is 0 Å². The van der Waals surface area contributed by atoms with Gasteiger partial charge in [-0.3, -0.25) is 4.98 Å². The molecule has 2 aromatic rings. The summed E-state index contributed by atoms with van der Waals surface area (Å²) in [4.78, 5) is 8.91. The molecule has 0 aliphatic rings. The summed E-state index contributed by atoms with van der Waals surface area (Å²) in [6, 6.07) is 5.85. The van der Waals surface area contributed by atoms with Gasteiger partial charge in [-0.15, -0.1) is 10.2 Å². The van der Waals surface area contributed by atoms with E-state index >= 15 is 0 Å². The van der Waals surface area contributed by atoms with Crippen LogP contribution in [-0.4, -0.2) is 44.3 Å². The fourth-order valence-corrected chi connectivity index (χ4v) is 2.45. The Balaban J connectivity index is 1.94. The highest BCUT2D eigenvalue weighted by Gasteiger charge is 2.06. The highest BCUT2D eigenvalue weighted by atomic mass is 32.2. The zero-order valence-corrected chi connectivity index (χ0v) is 15.3. The lowest BCUT2D eigenvalue weighted by molar-refractivity contribution is 0.710. The molecule has 0 fully saturated rings. The first-order valence-corrected chi connectivity index (χ1v) is 9.36. The number of aryl methyl sites for hydroxylation is 1. The van der Waals surface area contributed by atoms with E-state index in [1.165, 1.54) is 0 Å². The summed E-state index contributed by atoms with van der Waals surface area (Å²) >= 11 is 1.85. The van der Waals surface area contributed by atoms with E-state index in [1.807, 2.05) is 48.5 Å². The van der Waals surface area contributed by atoms with Crippen LogP contribution in [0.4, 0.5) is 0 Å². The number of hydrogen-bond donors (Lipinski definition) is 2. The number of aliphatic imine (C=N–C) groups is 1. The lowest BCUT2D eigenvalue weighted by Gasteiger charge is -2.12. The van der Waals surface area contributed by atoms with Gasteiger partial charge < -0.3 is 15.2 Å². The van der Waals surface area contributed by atoms with Gasteiger partial charge in [-0.2, -0.15) is 11.8 Å². The van der Waals surface area contributed by atoms with Gasteiger partial charge in [0.2, 0.25) is 0 Å². The van der Waals surface area contributed by atoms with Gasteiger partial charge in [0.05, 0.1) is 18.8 Å². The average molecular weight is 347 g/mol. The van der Waals surface area contributed by atoms with Crippen molar-refractivity contribution in [2.24, 2.45) is 12.0 Å². The van der Waals surface area contributed by atoms with Crippen molar-refractivity contribution in [2.75, 3.05) is 18.6 Å². The fraction of sp³-hybridized carbons (Fsp3) is 0.500. The molecule has 8 heteroatoms. The molecule has 2 aromatic heterocycles. The predicted molar refractivity (Wildman–Crippen MR) is 99.0 cm³/mol. The maximum atomic E-state index is 4.61. The van der Waals surface area contributed by atoms with Crippen LogP contribution in [-0.2, 0) is 20.1 Å². The summed E-state index contributed by atoms with van der Waals surface area (Å²) in [6.45, 7) is 3.93. The second-order valence-electron chi connectivity index (χ2n) is 5.34. The van der Waals surface area contributed by atoms with E-state index in [0.717, 1.165) is 42.0 Å². The third-order valence-electron chi connectivity index (χ3n) is 3.54. The van der Waals surface area contributed by atoms with Crippen LogP contribution in [0.1, 0.15) is 23.8 Å². The highest BCUT2D eigenvalue weighted by molar-refractivity contribution is 7.98. The predicted octanol–water partition coefficient (Wildman–Crippen LogP) is 1.51. The van der Waals surface area contributed by atoms with Crippen molar-refractivity contribution in [3.63, 3.8) is 0 Å². The Bertz CT molecular complexity index is 639. The number of nitrogens with one attached hydrogen (secondary N) is 2. The van der Waals surface area contributed by atoms with Crippen molar-refractivity contribution in [1.29, 1.82) is 0 Å². The number of rotatable bonds is 8. The summed E-state index contributed by atoms with van der Waals surface area (Å²) in [5, 5.41) is 14.9. The second-order valence-corrected chi connectivity index (χ2v) is 6.32. The van der Waals surface area contributed by atoms with Crippen molar-refractivity contribution in [3.8, 4) is 0 Å². The fourth-order valence-electron chi connectivity index (χ4n) is 2.02. The third kappa shape index (κ3) is 5.84. The second kappa shape index (κ2) is 9.92. The zero-order chi connectivity index (χ0) is 17.2. The molecule has 0 spiro atoms. The van der Waals surface area contributed by atoms with Crippen LogP contribution in [0.15, 0.2) is 29.4 Å². The van der Waals surface area contributed by atoms with Gasteiger partial charge in [-0.1, -0.05) is 6.07 Å². The lowest BCUT2D eigenvalue weighted by Crippen LogP contribution is -2.38. The molecule has 0 amide bonds. The largest absolute Gasteiger partial charge is 0.356 e. The summed E-state index contributed by atoms with van der Waals surface area (Å²) in [5.74, 6) is 3.67. The van der Waals surface area contributed by atoms with Crippen molar-refractivity contribution in [1.82, 2.24) is 30.4 Å². The van der Waals surface area contributed by atoms with Gasteiger partial charge in [-0.05, 0) is 37.5 Å². The summed E-state index contributed by atoms with van der Waals surface area (Å²) in [6.07, 6.45) is 4.99. The Morgan fingerprint density at radius 1 is 1.29 bits per heavy atom. The molecule has 130 valence electrons. The molecule has 0 saturated carbocycles. The number of hydrogen-bond acceptors (Lipinski definition) is 5. The minimum absolute atomic E-state index is 0.538. The van der Waals surface area contributed by atoms with Crippen molar-refractivity contribution in [2.45, 2.75) is 26.4 Å². The zero-order valence-electron chi connectivity index (χ0n) is 14.5. The van der Waals surface area contributed by atoms with Crippen LogP contribution in [0.25, 0.3) is 0 Å². The Morgan fingerprint density at radius 3 is 2.83 bits per heavy atom. The molecule has 0 atom stereocenters. The Kier molecular flexibility index (Phi) is 7.54. The Morgan fingerprint density at radius 2 is 2.17 bits per heavy atom. The van der Waals surface area contributed by atoms with E-state index in [2.05, 4.69) is 37.1 Å². The van der Waals surface area contributed by atoms with E-state index in [9.17, 15) is 0 Å². The number of pyridine rings is 1. The molecule has 2 N–H and O–H groups in total.